The third-order valence-electron chi connectivity index (χ3n) is 8.05. The molecule has 1 aliphatic carbocycles. The summed E-state index contributed by atoms with van der Waals surface area (Å²) in [7, 11) is 1.46. The molecule has 2 N–H and O–H groups in total. The van der Waals surface area contributed by atoms with Gasteiger partial charge in [-0.25, -0.2) is 9.18 Å². The van der Waals surface area contributed by atoms with Crippen molar-refractivity contribution in [1.82, 2.24) is 9.47 Å². The largest absolute Gasteiger partial charge is 0.443 e. The number of aromatic nitrogens is 1. The number of fused-ring (bicyclic) bond motifs is 1. The Morgan fingerprint density at radius 2 is 1.83 bits per heavy atom. The van der Waals surface area contributed by atoms with Gasteiger partial charge in [-0.05, 0) is 68.1 Å². The average Bonchev–Trinajstić information content (AvgIpc) is 3.13. The molecule has 192 valence electrons. The van der Waals surface area contributed by atoms with Crippen LogP contribution in [0.5, 0.6) is 0 Å². The van der Waals surface area contributed by atoms with Crippen molar-refractivity contribution in [3.63, 3.8) is 0 Å². The number of hydrogen-bond donors (Lipinski definition) is 1. The first-order chi connectivity index (χ1) is 16.7. The summed E-state index contributed by atoms with van der Waals surface area (Å²) in [5, 5.41) is 4.64. The Bertz CT molecular complexity index is 1060. The molecule has 0 radical (unpaired) electrons. The van der Waals surface area contributed by atoms with E-state index in [2.05, 4.69) is 35.4 Å². The second kappa shape index (κ2) is 10.6. The van der Waals surface area contributed by atoms with E-state index >= 15 is 0 Å². The molecule has 1 saturated heterocycles. The molecule has 2 aromatic rings. The molecule has 0 unspecified atom stereocenters. The number of likely N-dealkylation sites (tertiary alicyclic amines) is 1. The van der Waals surface area contributed by atoms with E-state index < -0.39 is 6.09 Å². The van der Waals surface area contributed by atoms with Gasteiger partial charge in [-0.2, -0.15) is 0 Å². The van der Waals surface area contributed by atoms with Crippen molar-refractivity contribution in [3.05, 3.63) is 35.3 Å². The van der Waals surface area contributed by atoms with Gasteiger partial charge in [-0.15, -0.1) is 0 Å². The van der Waals surface area contributed by atoms with Crippen LogP contribution in [0.2, 0.25) is 0 Å². The molecule has 8 heteroatoms. The highest BCUT2D eigenvalue weighted by atomic mass is 19.1. The molecule has 0 spiro atoms. The smallest absolute Gasteiger partial charge is 0.404 e. The minimum absolute atomic E-state index is 0.00622. The first kappa shape index (κ1) is 25.5. The lowest BCUT2D eigenvalue weighted by molar-refractivity contribution is 0.0712. The van der Waals surface area contributed by atoms with Gasteiger partial charge in [-0.3, -0.25) is 0 Å². The Morgan fingerprint density at radius 3 is 2.43 bits per heavy atom. The predicted octanol–water partition coefficient (Wildman–Crippen LogP) is 5.60. The molecule has 35 heavy (non-hydrogen) atoms. The maximum absolute atomic E-state index is 14.2. The fraction of sp³-hybridized carbons (Fsp3) is 0.630. The van der Waals surface area contributed by atoms with Crippen molar-refractivity contribution in [3.8, 4) is 0 Å². The van der Waals surface area contributed by atoms with Gasteiger partial charge in [0.2, 0.25) is 0 Å². The van der Waals surface area contributed by atoms with Crippen LogP contribution in [0.15, 0.2) is 23.4 Å². The summed E-state index contributed by atoms with van der Waals surface area (Å²) in [6.45, 7) is 9.13. The zero-order valence-corrected chi connectivity index (χ0v) is 21.4. The lowest BCUT2D eigenvalue weighted by Gasteiger charge is -2.43. The Hall–Kier alpha value is -2.61. The van der Waals surface area contributed by atoms with Crippen LogP contribution in [0, 0.1) is 17.2 Å². The van der Waals surface area contributed by atoms with Crippen LogP contribution in [-0.2, 0) is 16.2 Å². The van der Waals surface area contributed by atoms with Crippen LogP contribution in [0.3, 0.4) is 0 Å². The van der Waals surface area contributed by atoms with Gasteiger partial charge in [-0.1, -0.05) is 25.9 Å². The zero-order valence-electron chi connectivity index (χ0n) is 21.4. The van der Waals surface area contributed by atoms with Crippen molar-refractivity contribution in [2.75, 3.05) is 20.2 Å². The van der Waals surface area contributed by atoms with Gasteiger partial charge in [0.15, 0.2) is 0 Å². The van der Waals surface area contributed by atoms with E-state index in [1.165, 1.54) is 44.9 Å². The van der Waals surface area contributed by atoms with E-state index in [-0.39, 0.29) is 18.5 Å². The second-order valence-corrected chi connectivity index (χ2v) is 11.1. The number of hydrogen-bond acceptors (Lipinski definition) is 5. The molecule has 2 fully saturated rings. The number of carbonyl (C=O) groups is 1. The van der Waals surface area contributed by atoms with Crippen LogP contribution in [0.4, 0.5) is 9.18 Å². The molecule has 0 atom stereocenters. The Morgan fingerprint density at radius 1 is 1.14 bits per heavy atom. The number of rotatable bonds is 6. The molecule has 1 aromatic heterocycles. The molecule has 1 aromatic carbocycles. The van der Waals surface area contributed by atoms with Crippen LogP contribution in [0.1, 0.15) is 76.6 Å². The number of amides is 1. The fourth-order valence-corrected chi connectivity index (χ4v) is 6.13. The molecule has 2 heterocycles. The van der Waals surface area contributed by atoms with E-state index in [1.54, 1.807) is 12.3 Å². The molecule has 7 nitrogen and oxygen atoms in total. The minimum atomic E-state index is -0.844. The molecule has 1 aliphatic heterocycles. The first-order valence-corrected chi connectivity index (χ1v) is 12.7. The van der Waals surface area contributed by atoms with Gasteiger partial charge in [0, 0.05) is 41.6 Å². The maximum Gasteiger partial charge on any atom is 0.404 e. The highest BCUT2D eigenvalue weighted by molar-refractivity contribution is 6.01. The van der Waals surface area contributed by atoms with E-state index in [4.69, 9.17) is 15.3 Å². The summed E-state index contributed by atoms with van der Waals surface area (Å²) in [5.74, 6) is 0.479. The van der Waals surface area contributed by atoms with Crippen LogP contribution >= 0.6 is 0 Å². The highest BCUT2D eigenvalue weighted by Crippen LogP contribution is 2.40. The van der Waals surface area contributed by atoms with Gasteiger partial charge in [0.25, 0.3) is 0 Å². The Balaban J connectivity index is 1.56. The minimum Gasteiger partial charge on any atom is -0.443 e. The molecule has 2 aliphatic rings. The van der Waals surface area contributed by atoms with Crippen molar-refractivity contribution in [2.45, 2.75) is 78.0 Å². The van der Waals surface area contributed by atoms with Crippen molar-refractivity contribution in [2.24, 2.45) is 22.2 Å². The fourth-order valence-electron chi connectivity index (χ4n) is 6.13. The molecular formula is C27H39FN4O3. The lowest BCUT2D eigenvalue weighted by atomic mass is 9.71. The van der Waals surface area contributed by atoms with Gasteiger partial charge >= 0.3 is 6.09 Å². The molecule has 0 bridgehead atoms. The zero-order chi connectivity index (χ0) is 25.2. The monoisotopic (exact) mass is 486 g/mol. The second-order valence-electron chi connectivity index (χ2n) is 11.1. The number of benzene rings is 1. The first-order valence-electron chi connectivity index (χ1n) is 12.7. The van der Waals surface area contributed by atoms with Crippen LogP contribution in [0.25, 0.3) is 10.9 Å². The van der Waals surface area contributed by atoms with Crippen molar-refractivity contribution >= 4 is 23.2 Å². The number of nitrogens with zero attached hydrogens (tertiary/aromatic N) is 3. The normalized spacial score (nSPS) is 22.7. The SMILES string of the molecule is CON=Cc1c(COC(N)=O)n(C2CCN(C3CCC(C(C)(C)C)CC3)CC2)c2ccc(F)cc12. The molecule has 4 rings (SSSR count). The summed E-state index contributed by atoms with van der Waals surface area (Å²) in [4.78, 5) is 19.0. The predicted molar refractivity (Wildman–Crippen MR) is 136 cm³/mol. The number of ether oxygens (including phenoxy) is 1. The van der Waals surface area contributed by atoms with Crippen LogP contribution in [-0.4, -0.2) is 48.0 Å². The quantitative estimate of drug-likeness (QED) is 0.426. The summed E-state index contributed by atoms with van der Waals surface area (Å²) in [6, 6.07) is 5.63. The summed E-state index contributed by atoms with van der Waals surface area (Å²) < 4.78 is 21.6. The lowest BCUT2D eigenvalue weighted by Crippen LogP contribution is -2.44. The molecule has 1 saturated carbocycles. The number of primary amides is 1. The Kier molecular flexibility index (Phi) is 7.69. The van der Waals surface area contributed by atoms with Gasteiger partial charge in [0.05, 0.1) is 11.9 Å². The number of piperidine rings is 1. The number of oxime groups is 1. The van der Waals surface area contributed by atoms with E-state index in [0.717, 1.165) is 48.4 Å². The van der Waals surface area contributed by atoms with E-state index in [1.807, 2.05) is 0 Å². The average molecular weight is 487 g/mol. The molecular weight excluding hydrogens is 447 g/mol. The highest BCUT2D eigenvalue weighted by Gasteiger charge is 2.34. The summed E-state index contributed by atoms with van der Waals surface area (Å²) in [6.07, 6.45) is 7.82. The standard InChI is InChI=1S/C27H39FN4O3/c1-27(2,3)18-5-8-20(9-6-18)31-13-11-21(12-14-31)32-24-10-7-19(28)15-22(24)23(16-30-34-4)25(32)17-35-26(29)33/h7,10,15-16,18,20-21H,5-6,8-9,11-14,17H2,1-4H3,(H2,29,33). The van der Waals surface area contributed by atoms with E-state index in [9.17, 15) is 9.18 Å². The third-order valence-corrected chi connectivity index (χ3v) is 8.05. The summed E-state index contributed by atoms with van der Waals surface area (Å²) in [5.41, 5.74) is 8.01. The van der Waals surface area contributed by atoms with Crippen molar-refractivity contribution < 1.29 is 18.8 Å². The maximum atomic E-state index is 14.2. The Labute approximate surface area is 207 Å². The van der Waals surface area contributed by atoms with Gasteiger partial charge in [0.1, 0.15) is 19.5 Å². The topological polar surface area (TPSA) is 82.1 Å². The number of halogens is 1. The third kappa shape index (κ3) is 5.63. The van der Waals surface area contributed by atoms with E-state index in [0.29, 0.717) is 17.0 Å². The van der Waals surface area contributed by atoms with Gasteiger partial charge < -0.3 is 24.8 Å². The van der Waals surface area contributed by atoms with Crippen LogP contribution < -0.4 is 5.73 Å². The number of carbonyl (C=O) groups excluding carboxylic acids is 1. The summed E-state index contributed by atoms with van der Waals surface area (Å²) >= 11 is 0. The van der Waals surface area contributed by atoms with Crippen molar-refractivity contribution in [1.29, 1.82) is 0 Å². The molecule has 1 amide bonds. The number of nitrogens with two attached hydrogens (primary N) is 1.